The minimum Gasteiger partial charge on any atom is -0.465 e. The van der Waals surface area contributed by atoms with Gasteiger partial charge < -0.3 is 9.94 Å². The van der Waals surface area contributed by atoms with Gasteiger partial charge in [0.25, 0.3) is 0 Å². The van der Waals surface area contributed by atoms with Gasteiger partial charge in [-0.05, 0) is 30.0 Å². The lowest BCUT2D eigenvalue weighted by molar-refractivity contribution is -0.0178. The van der Waals surface area contributed by atoms with Crippen LogP contribution in [0.3, 0.4) is 0 Å². The number of amides is 1. The van der Waals surface area contributed by atoms with E-state index in [1.54, 1.807) is 12.1 Å². The Morgan fingerprint density at radius 1 is 1.55 bits per heavy atom. The molecule has 0 aliphatic carbocycles. The van der Waals surface area contributed by atoms with E-state index in [0.717, 1.165) is 12.0 Å². The summed E-state index contributed by atoms with van der Waals surface area (Å²) in [5.74, 6) is 6.12. The van der Waals surface area contributed by atoms with Gasteiger partial charge in [0.2, 0.25) is 6.23 Å². The number of hydrogen-bond acceptors (Lipinski definition) is 3. The zero-order valence-electron chi connectivity index (χ0n) is 12.0. The Kier molecular flexibility index (Phi) is 3.95. The van der Waals surface area contributed by atoms with Crippen LogP contribution in [-0.2, 0) is 4.84 Å². The summed E-state index contributed by atoms with van der Waals surface area (Å²) in [6, 6.07) is 7.26. The summed E-state index contributed by atoms with van der Waals surface area (Å²) in [4.78, 5) is 17.9. The number of carbonyl (C=O) groups is 1. The maximum atomic E-state index is 11.3. The van der Waals surface area contributed by atoms with Crippen molar-refractivity contribution in [2.75, 3.05) is 6.54 Å². The summed E-state index contributed by atoms with van der Waals surface area (Å²) in [5, 5.41) is 13.9. The van der Waals surface area contributed by atoms with Gasteiger partial charge in [0.1, 0.15) is 5.71 Å². The summed E-state index contributed by atoms with van der Waals surface area (Å²) >= 11 is 5.93. The molecule has 0 spiro atoms. The molecule has 1 N–H and O–H groups in total. The lowest BCUT2D eigenvalue weighted by Crippen LogP contribution is -2.36. The monoisotopic (exact) mass is 318 g/mol. The smallest absolute Gasteiger partial charge is 0.410 e. The molecule has 1 saturated heterocycles. The number of nitrogens with zero attached hydrogens (tertiary/aromatic N) is 2. The van der Waals surface area contributed by atoms with Gasteiger partial charge in [-0.3, -0.25) is 4.90 Å². The molecule has 1 amide bonds. The van der Waals surface area contributed by atoms with Crippen molar-refractivity contribution in [3.05, 3.63) is 34.9 Å². The average Bonchev–Trinajstić information content (AvgIpc) is 3.05. The number of carboxylic acid groups (broad SMARTS) is 1. The molecule has 3 atom stereocenters. The number of fused-ring (bicyclic) bond motifs is 1. The molecular formula is C16H15ClN2O3. The Bertz CT molecular complexity index is 692. The summed E-state index contributed by atoms with van der Waals surface area (Å²) in [6.45, 7) is 2.49. The molecule has 3 unspecified atom stereocenters. The van der Waals surface area contributed by atoms with E-state index in [0.29, 0.717) is 17.3 Å². The van der Waals surface area contributed by atoms with E-state index in [1.165, 1.54) is 4.90 Å². The van der Waals surface area contributed by atoms with Crippen LogP contribution in [0, 0.1) is 23.7 Å². The van der Waals surface area contributed by atoms with Gasteiger partial charge in [-0.25, -0.2) is 4.79 Å². The van der Waals surface area contributed by atoms with Gasteiger partial charge >= 0.3 is 6.09 Å². The van der Waals surface area contributed by atoms with Crippen LogP contribution in [0.15, 0.2) is 29.4 Å². The van der Waals surface area contributed by atoms with Gasteiger partial charge in [-0.2, -0.15) is 0 Å². The van der Waals surface area contributed by atoms with Crippen molar-refractivity contribution >= 4 is 23.4 Å². The van der Waals surface area contributed by atoms with E-state index < -0.39 is 12.3 Å². The quantitative estimate of drug-likeness (QED) is 0.810. The van der Waals surface area contributed by atoms with E-state index in [-0.39, 0.29) is 11.8 Å². The molecule has 6 heteroatoms. The van der Waals surface area contributed by atoms with Crippen molar-refractivity contribution in [2.45, 2.75) is 19.6 Å². The SMILES string of the molecule is CCC1CN(C(=O)O)C2ON=C(C#Cc3cccc(Cl)c3)C12. The highest BCUT2D eigenvalue weighted by molar-refractivity contribution is 6.30. The number of rotatable bonds is 1. The molecule has 0 radical (unpaired) electrons. The van der Waals surface area contributed by atoms with Crippen molar-refractivity contribution in [3.63, 3.8) is 0 Å². The first kappa shape index (κ1) is 14.7. The number of oxime groups is 1. The Balaban J connectivity index is 1.83. The zero-order valence-corrected chi connectivity index (χ0v) is 12.7. The fourth-order valence-corrected chi connectivity index (χ4v) is 3.12. The molecule has 114 valence electrons. The minimum atomic E-state index is -0.981. The van der Waals surface area contributed by atoms with Crippen LogP contribution < -0.4 is 0 Å². The number of likely N-dealkylation sites (tertiary alicyclic amines) is 1. The van der Waals surface area contributed by atoms with Crippen LogP contribution in [0.1, 0.15) is 18.9 Å². The third-order valence-electron chi connectivity index (χ3n) is 4.06. The van der Waals surface area contributed by atoms with E-state index in [9.17, 15) is 9.90 Å². The fraction of sp³-hybridized carbons (Fsp3) is 0.375. The zero-order chi connectivity index (χ0) is 15.7. The predicted molar refractivity (Wildman–Crippen MR) is 82.6 cm³/mol. The minimum absolute atomic E-state index is 0.0900. The first-order valence-corrected chi connectivity index (χ1v) is 7.48. The Hall–Kier alpha value is -2.19. The second kappa shape index (κ2) is 5.90. The van der Waals surface area contributed by atoms with Gasteiger partial charge in [-0.15, -0.1) is 0 Å². The van der Waals surface area contributed by atoms with E-state index in [2.05, 4.69) is 17.0 Å². The van der Waals surface area contributed by atoms with Crippen LogP contribution >= 0.6 is 11.6 Å². The van der Waals surface area contributed by atoms with Gasteiger partial charge in [0.05, 0.1) is 5.92 Å². The van der Waals surface area contributed by atoms with Gasteiger partial charge in [0, 0.05) is 17.1 Å². The molecule has 22 heavy (non-hydrogen) atoms. The van der Waals surface area contributed by atoms with Crippen LogP contribution in [0.4, 0.5) is 4.79 Å². The molecule has 1 fully saturated rings. The standard InChI is InChI=1S/C16H15ClN2O3/c1-2-11-9-19(16(20)21)15-14(11)13(18-22-15)7-6-10-4-3-5-12(17)8-10/h3-5,8,11,14-15H,2,9H2,1H3,(H,20,21). The lowest BCUT2D eigenvalue weighted by Gasteiger charge is -2.17. The predicted octanol–water partition coefficient (Wildman–Crippen LogP) is 3.04. The summed E-state index contributed by atoms with van der Waals surface area (Å²) in [5.41, 5.74) is 1.40. The summed E-state index contributed by atoms with van der Waals surface area (Å²) in [6.07, 6.45) is -0.678. The highest BCUT2D eigenvalue weighted by Gasteiger charge is 2.50. The second-order valence-electron chi connectivity index (χ2n) is 5.36. The summed E-state index contributed by atoms with van der Waals surface area (Å²) in [7, 11) is 0. The van der Waals surface area contributed by atoms with E-state index in [1.807, 2.05) is 19.1 Å². The molecular weight excluding hydrogens is 304 g/mol. The van der Waals surface area contributed by atoms with Crippen molar-refractivity contribution in [1.82, 2.24) is 4.90 Å². The Morgan fingerprint density at radius 2 is 2.36 bits per heavy atom. The normalized spacial score (nSPS) is 25.8. The molecule has 0 saturated carbocycles. The fourth-order valence-electron chi connectivity index (χ4n) is 2.93. The molecule has 0 bridgehead atoms. The first-order chi connectivity index (χ1) is 10.6. The van der Waals surface area contributed by atoms with E-state index >= 15 is 0 Å². The number of halogens is 1. The number of benzene rings is 1. The molecule has 2 heterocycles. The maximum absolute atomic E-state index is 11.3. The van der Waals surface area contributed by atoms with Crippen LogP contribution in [0.2, 0.25) is 5.02 Å². The molecule has 2 aliphatic heterocycles. The molecule has 3 rings (SSSR count). The lowest BCUT2D eigenvalue weighted by atomic mass is 9.89. The van der Waals surface area contributed by atoms with Crippen molar-refractivity contribution < 1.29 is 14.7 Å². The highest BCUT2D eigenvalue weighted by atomic mass is 35.5. The highest BCUT2D eigenvalue weighted by Crippen LogP contribution is 2.37. The van der Waals surface area contributed by atoms with Crippen molar-refractivity contribution in [2.24, 2.45) is 17.0 Å². The molecule has 1 aromatic carbocycles. The third-order valence-corrected chi connectivity index (χ3v) is 4.29. The van der Waals surface area contributed by atoms with Crippen molar-refractivity contribution in [3.8, 4) is 11.8 Å². The summed E-state index contributed by atoms with van der Waals surface area (Å²) < 4.78 is 0. The number of hydrogen-bond donors (Lipinski definition) is 1. The van der Waals surface area contributed by atoms with Gasteiger partial charge in [-0.1, -0.05) is 42.1 Å². The molecule has 2 aliphatic rings. The topological polar surface area (TPSA) is 62.1 Å². The van der Waals surface area contributed by atoms with Crippen molar-refractivity contribution in [1.29, 1.82) is 0 Å². The van der Waals surface area contributed by atoms with Crippen LogP contribution in [-0.4, -0.2) is 34.6 Å². The molecule has 1 aromatic rings. The maximum Gasteiger partial charge on any atom is 0.410 e. The Labute approximate surface area is 133 Å². The van der Waals surface area contributed by atoms with Crippen LogP contribution in [0.25, 0.3) is 0 Å². The third kappa shape index (κ3) is 2.62. The Morgan fingerprint density at radius 3 is 3.05 bits per heavy atom. The molecule has 0 aromatic heterocycles. The average molecular weight is 319 g/mol. The largest absolute Gasteiger partial charge is 0.465 e. The first-order valence-electron chi connectivity index (χ1n) is 7.11. The second-order valence-corrected chi connectivity index (χ2v) is 5.80. The van der Waals surface area contributed by atoms with Gasteiger partial charge in [0.15, 0.2) is 0 Å². The molecule has 5 nitrogen and oxygen atoms in total. The van der Waals surface area contributed by atoms with Crippen LogP contribution in [0.5, 0.6) is 0 Å². The van der Waals surface area contributed by atoms with E-state index in [4.69, 9.17) is 16.4 Å².